The van der Waals surface area contributed by atoms with Crippen LogP contribution in [0.1, 0.15) is 5.56 Å². The van der Waals surface area contributed by atoms with Crippen molar-refractivity contribution in [1.82, 2.24) is 5.32 Å². The van der Waals surface area contributed by atoms with Crippen LogP contribution in [0.15, 0.2) is 18.2 Å². The van der Waals surface area contributed by atoms with E-state index in [9.17, 15) is 18.0 Å². The monoisotopic (exact) mass is 311 g/mol. The summed E-state index contributed by atoms with van der Waals surface area (Å²) < 4.78 is 35.7. The lowest BCUT2D eigenvalue weighted by atomic mass is 10.2. The van der Waals surface area contributed by atoms with E-state index >= 15 is 0 Å². The zero-order chi connectivity index (χ0) is 14.6. The minimum atomic E-state index is -4.48. The number of rotatable bonds is 3. The summed E-state index contributed by atoms with van der Waals surface area (Å²) in [5.41, 5.74) is 5.94. The Hall–Kier alpha value is -1.54. The molecule has 0 aliphatic rings. The molecule has 0 saturated carbocycles. The van der Waals surface area contributed by atoms with Crippen molar-refractivity contribution in [3.05, 3.63) is 28.8 Å². The van der Waals surface area contributed by atoms with Gasteiger partial charge in [-0.05, 0) is 12.1 Å². The number of alkyl halides is 3. The summed E-state index contributed by atoms with van der Waals surface area (Å²) in [6, 6.07) is 3.30. The van der Waals surface area contributed by atoms with Gasteiger partial charge in [-0.25, -0.2) is 4.79 Å². The van der Waals surface area contributed by atoms with Gasteiger partial charge >= 0.3 is 12.2 Å². The largest absolute Gasteiger partial charge is 0.405 e. The van der Waals surface area contributed by atoms with Gasteiger partial charge in [0.05, 0.1) is 10.7 Å². The van der Waals surface area contributed by atoms with Crippen LogP contribution in [-0.2, 0) is 0 Å². The number of amides is 2. The molecule has 0 aromatic heterocycles. The number of nitrogens with one attached hydrogen (secondary N) is 2. The number of thiocarbonyl (C=S) groups is 1. The zero-order valence-corrected chi connectivity index (χ0v) is 10.9. The molecule has 0 bridgehead atoms. The van der Waals surface area contributed by atoms with E-state index in [0.29, 0.717) is 5.56 Å². The SMILES string of the molecule is NC(=S)c1ccc(Cl)c(NC(=O)NCC(F)(F)F)c1. The second-order valence-corrected chi connectivity index (χ2v) is 4.33. The molecule has 1 aromatic carbocycles. The van der Waals surface area contributed by atoms with Gasteiger partial charge in [-0.2, -0.15) is 13.2 Å². The molecule has 19 heavy (non-hydrogen) atoms. The van der Waals surface area contributed by atoms with Gasteiger partial charge in [0.2, 0.25) is 0 Å². The first-order valence-corrected chi connectivity index (χ1v) is 5.68. The van der Waals surface area contributed by atoms with E-state index in [1.54, 1.807) is 5.32 Å². The van der Waals surface area contributed by atoms with Gasteiger partial charge in [0.1, 0.15) is 11.5 Å². The molecule has 2 amide bonds. The molecule has 0 atom stereocenters. The molecule has 4 N–H and O–H groups in total. The van der Waals surface area contributed by atoms with Crippen molar-refractivity contribution in [1.29, 1.82) is 0 Å². The molecule has 104 valence electrons. The Labute approximate surface area is 117 Å². The number of anilines is 1. The molecule has 0 heterocycles. The molecule has 0 radical (unpaired) electrons. The summed E-state index contributed by atoms with van der Waals surface area (Å²) in [5, 5.41) is 3.98. The van der Waals surface area contributed by atoms with Crippen LogP contribution in [-0.4, -0.2) is 23.7 Å². The third-order valence-electron chi connectivity index (χ3n) is 1.95. The van der Waals surface area contributed by atoms with Gasteiger partial charge in [0.15, 0.2) is 0 Å². The Kier molecular flexibility index (Phi) is 4.96. The van der Waals surface area contributed by atoms with Crippen LogP contribution in [0.2, 0.25) is 5.02 Å². The van der Waals surface area contributed by atoms with Crippen molar-refractivity contribution >= 4 is 40.5 Å². The van der Waals surface area contributed by atoms with E-state index in [4.69, 9.17) is 29.6 Å². The Morgan fingerprint density at radius 1 is 1.42 bits per heavy atom. The number of halogens is 4. The maximum absolute atomic E-state index is 11.9. The van der Waals surface area contributed by atoms with Gasteiger partial charge in [-0.1, -0.05) is 29.9 Å². The van der Waals surface area contributed by atoms with Crippen LogP contribution < -0.4 is 16.4 Å². The van der Waals surface area contributed by atoms with Crippen molar-refractivity contribution in [2.24, 2.45) is 5.73 Å². The highest BCUT2D eigenvalue weighted by Crippen LogP contribution is 2.23. The Bertz CT molecular complexity index is 507. The van der Waals surface area contributed by atoms with Crippen molar-refractivity contribution in [2.45, 2.75) is 6.18 Å². The summed E-state index contributed by atoms with van der Waals surface area (Å²) in [7, 11) is 0. The quantitative estimate of drug-likeness (QED) is 0.752. The lowest BCUT2D eigenvalue weighted by Gasteiger charge is -2.11. The summed E-state index contributed by atoms with van der Waals surface area (Å²) in [6.45, 7) is -1.44. The molecule has 9 heteroatoms. The van der Waals surface area contributed by atoms with Crippen LogP contribution in [0.4, 0.5) is 23.7 Å². The Morgan fingerprint density at radius 3 is 2.58 bits per heavy atom. The van der Waals surface area contributed by atoms with Crippen molar-refractivity contribution < 1.29 is 18.0 Å². The van der Waals surface area contributed by atoms with E-state index in [2.05, 4.69) is 5.32 Å². The van der Waals surface area contributed by atoms with Gasteiger partial charge < -0.3 is 16.4 Å². The molecular formula is C10H9ClF3N3OS. The summed E-state index contributed by atoms with van der Waals surface area (Å²) in [6.07, 6.45) is -4.48. The second kappa shape index (κ2) is 6.07. The van der Waals surface area contributed by atoms with E-state index < -0.39 is 18.8 Å². The first kappa shape index (κ1) is 15.5. The van der Waals surface area contributed by atoms with Gasteiger partial charge in [-0.3, -0.25) is 0 Å². The normalized spacial score (nSPS) is 10.9. The molecular weight excluding hydrogens is 303 g/mol. The molecule has 0 spiro atoms. The topological polar surface area (TPSA) is 67.1 Å². The third-order valence-corrected chi connectivity index (χ3v) is 2.51. The summed E-state index contributed by atoms with van der Waals surface area (Å²) in [5.74, 6) is 0. The molecule has 0 unspecified atom stereocenters. The number of carbonyl (C=O) groups excluding carboxylic acids is 1. The van der Waals surface area contributed by atoms with E-state index in [1.165, 1.54) is 18.2 Å². The summed E-state index contributed by atoms with van der Waals surface area (Å²) >= 11 is 10.5. The number of benzene rings is 1. The number of nitrogens with two attached hydrogens (primary N) is 1. The average molecular weight is 312 g/mol. The van der Waals surface area contributed by atoms with E-state index in [1.807, 2.05) is 0 Å². The predicted molar refractivity (Wildman–Crippen MR) is 70.4 cm³/mol. The number of hydrogen-bond donors (Lipinski definition) is 3. The van der Waals surface area contributed by atoms with Gasteiger partial charge in [0, 0.05) is 5.56 Å². The molecule has 0 saturated heterocycles. The van der Waals surface area contributed by atoms with E-state index in [-0.39, 0.29) is 15.7 Å². The molecule has 1 rings (SSSR count). The number of urea groups is 1. The first-order chi connectivity index (χ1) is 8.69. The smallest absolute Gasteiger partial charge is 0.389 e. The maximum atomic E-state index is 11.9. The summed E-state index contributed by atoms with van der Waals surface area (Å²) in [4.78, 5) is 11.3. The standard InChI is InChI=1S/C10H9ClF3N3OS/c11-6-2-1-5(8(15)19)3-7(6)17-9(18)16-4-10(12,13)14/h1-3H,4H2,(H2,15,19)(H2,16,17,18). The zero-order valence-electron chi connectivity index (χ0n) is 9.34. The highest BCUT2D eigenvalue weighted by molar-refractivity contribution is 7.80. The lowest BCUT2D eigenvalue weighted by molar-refractivity contribution is -0.122. The van der Waals surface area contributed by atoms with Crippen LogP contribution in [0.25, 0.3) is 0 Å². The third kappa shape index (κ3) is 5.31. The van der Waals surface area contributed by atoms with Crippen LogP contribution >= 0.6 is 23.8 Å². The Morgan fingerprint density at radius 2 is 2.05 bits per heavy atom. The fraction of sp³-hybridized carbons (Fsp3) is 0.200. The fourth-order valence-electron chi connectivity index (χ4n) is 1.12. The first-order valence-electron chi connectivity index (χ1n) is 4.90. The minimum absolute atomic E-state index is 0.0791. The molecule has 0 fully saturated rings. The minimum Gasteiger partial charge on any atom is -0.389 e. The van der Waals surface area contributed by atoms with Crippen molar-refractivity contribution in [3.63, 3.8) is 0 Å². The number of hydrogen-bond acceptors (Lipinski definition) is 2. The van der Waals surface area contributed by atoms with Crippen LogP contribution in [0, 0.1) is 0 Å². The van der Waals surface area contributed by atoms with Crippen LogP contribution in [0.5, 0.6) is 0 Å². The molecule has 0 aliphatic carbocycles. The molecule has 0 aliphatic heterocycles. The maximum Gasteiger partial charge on any atom is 0.405 e. The Balaban J connectivity index is 2.73. The van der Waals surface area contributed by atoms with Gasteiger partial charge in [-0.15, -0.1) is 0 Å². The van der Waals surface area contributed by atoms with Gasteiger partial charge in [0.25, 0.3) is 0 Å². The van der Waals surface area contributed by atoms with E-state index in [0.717, 1.165) is 0 Å². The highest BCUT2D eigenvalue weighted by Gasteiger charge is 2.27. The second-order valence-electron chi connectivity index (χ2n) is 3.48. The lowest BCUT2D eigenvalue weighted by Crippen LogP contribution is -2.36. The van der Waals surface area contributed by atoms with Crippen molar-refractivity contribution in [2.75, 3.05) is 11.9 Å². The number of carbonyl (C=O) groups is 1. The average Bonchev–Trinajstić information content (AvgIpc) is 2.28. The fourth-order valence-corrected chi connectivity index (χ4v) is 1.41. The highest BCUT2D eigenvalue weighted by atomic mass is 35.5. The van der Waals surface area contributed by atoms with Crippen LogP contribution in [0.3, 0.4) is 0 Å². The predicted octanol–water partition coefficient (Wildman–Crippen LogP) is 2.66. The van der Waals surface area contributed by atoms with Crippen molar-refractivity contribution in [3.8, 4) is 0 Å². The molecule has 4 nitrogen and oxygen atoms in total. The molecule has 1 aromatic rings.